The Morgan fingerprint density at radius 2 is 1.19 bits per heavy atom. The van der Waals surface area contributed by atoms with E-state index in [-0.39, 0.29) is 36.7 Å². The quantitative estimate of drug-likeness (QED) is 0.111. The third-order valence-corrected chi connectivity index (χ3v) is 12.8. The number of aromatic nitrogens is 4. The van der Waals surface area contributed by atoms with Crippen LogP contribution in [-0.2, 0) is 28.5 Å². The zero-order valence-corrected chi connectivity index (χ0v) is 38.8. The average molecular weight is 1160 g/mol. The molecule has 2 fully saturated rings. The van der Waals surface area contributed by atoms with Crippen molar-refractivity contribution in [1.29, 1.82) is 0 Å². The van der Waals surface area contributed by atoms with Crippen molar-refractivity contribution in [3.05, 3.63) is 75.3 Å². The van der Waals surface area contributed by atoms with Gasteiger partial charge in [0.25, 0.3) is 0 Å². The maximum atomic E-state index is 12.9. The van der Waals surface area contributed by atoms with Crippen LogP contribution in [0, 0.1) is 7.40 Å². The van der Waals surface area contributed by atoms with Gasteiger partial charge < -0.3 is 29.1 Å². The van der Waals surface area contributed by atoms with Crippen molar-refractivity contribution < 1.29 is 45.4 Å². The minimum absolute atomic E-state index is 0.00463. The number of alkyl halides is 7. The van der Waals surface area contributed by atoms with Gasteiger partial charge in [0.05, 0.1) is 24.3 Å². The number of amides is 2. The van der Waals surface area contributed by atoms with Crippen molar-refractivity contribution in [1.82, 2.24) is 29.8 Å². The van der Waals surface area contributed by atoms with E-state index in [0.29, 0.717) is 60.8 Å². The number of methoxy groups -OCH3 is 2. The van der Waals surface area contributed by atoms with Crippen LogP contribution in [0.2, 0.25) is 20.1 Å². The molecule has 324 valence electrons. The summed E-state index contributed by atoms with van der Waals surface area (Å²) in [5.41, 5.74) is -0.206. The molecule has 2 aliphatic rings. The van der Waals surface area contributed by atoms with E-state index in [0.717, 1.165) is 29.1 Å². The number of ether oxygens (including phenoxy) is 2. The second-order valence-corrected chi connectivity index (χ2v) is 16.2. The number of aromatic amines is 1. The number of hydrogen-bond acceptors (Lipinski definition) is 8. The first-order valence-corrected chi connectivity index (χ1v) is 21.1. The Morgan fingerprint density at radius 3 is 1.53 bits per heavy atom. The molecular formula is C34H33Cl5F6I2N8O4. The molecule has 0 saturated carbocycles. The lowest BCUT2D eigenvalue weighted by atomic mass is 10.2. The summed E-state index contributed by atoms with van der Waals surface area (Å²) in [5.74, 6) is 0.959. The van der Waals surface area contributed by atoms with E-state index in [1.54, 1.807) is 73.3 Å². The van der Waals surface area contributed by atoms with Gasteiger partial charge in [-0.2, -0.15) is 36.5 Å². The van der Waals surface area contributed by atoms with Crippen molar-refractivity contribution in [2.75, 3.05) is 82.3 Å². The first kappa shape index (κ1) is 49.1. The third kappa shape index (κ3) is 13.0. The van der Waals surface area contributed by atoms with Gasteiger partial charge in [-0.25, -0.2) is 4.68 Å². The summed E-state index contributed by atoms with van der Waals surface area (Å²) in [5, 5.41) is 8.80. The summed E-state index contributed by atoms with van der Waals surface area (Å²) < 4.78 is 86.1. The second-order valence-electron chi connectivity index (χ2n) is 12.3. The van der Waals surface area contributed by atoms with Gasteiger partial charge in [-0.3, -0.25) is 14.7 Å². The molecule has 0 bridgehead atoms. The lowest BCUT2D eigenvalue weighted by Crippen LogP contribution is -2.49. The van der Waals surface area contributed by atoms with Crippen molar-refractivity contribution in [2.45, 2.75) is 18.9 Å². The number of carbonyl (C=O) groups excluding carboxylic acids is 2. The number of H-pyrrole nitrogens is 1. The average Bonchev–Trinajstić information content (AvgIpc) is 3.71. The molecule has 0 unspecified atom stereocenters. The molecule has 25 heteroatoms. The van der Waals surface area contributed by atoms with Crippen molar-refractivity contribution in [3.8, 4) is 11.5 Å². The maximum absolute atomic E-state index is 12.9. The number of nitrogens with zero attached hydrogens (tertiary/aromatic N) is 7. The molecule has 0 atom stereocenters. The van der Waals surface area contributed by atoms with Crippen LogP contribution >= 0.6 is 103 Å². The van der Waals surface area contributed by atoms with E-state index in [9.17, 15) is 35.9 Å². The molecule has 0 spiro atoms. The zero-order chi connectivity index (χ0) is 43.8. The molecule has 2 aliphatic heterocycles. The SMILES string of the molecule is COc1cc(N2CCN(C(=O)CCl)CC2)ccc1Cl.COc1cc(N2CCN(C(=O)Cn3nc(C(F)(F)F)c(Cl)c3I)CC2)ccc1Cl.FC(F)(F)c1[nH]nc(I)c1Cl. The lowest BCUT2D eigenvalue weighted by Gasteiger charge is -2.36. The summed E-state index contributed by atoms with van der Waals surface area (Å²) in [6, 6.07) is 11.1. The molecule has 0 radical (unpaired) electrons. The molecule has 4 heterocycles. The maximum Gasteiger partial charge on any atom is 0.436 e. The first-order chi connectivity index (χ1) is 27.7. The highest BCUT2D eigenvalue weighted by Crippen LogP contribution is 2.37. The number of nitrogens with one attached hydrogen (secondary N) is 1. The predicted molar refractivity (Wildman–Crippen MR) is 231 cm³/mol. The van der Waals surface area contributed by atoms with Crippen LogP contribution in [0.5, 0.6) is 11.5 Å². The van der Waals surface area contributed by atoms with Gasteiger partial charge in [0, 0.05) is 75.9 Å². The topological polar surface area (TPSA) is 112 Å². The molecular weight excluding hydrogens is 1130 g/mol. The van der Waals surface area contributed by atoms with E-state index >= 15 is 0 Å². The zero-order valence-electron chi connectivity index (χ0n) is 30.7. The number of rotatable bonds is 7. The summed E-state index contributed by atoms with van der Waals surface area (Å²) in [6.45, 7) is 4.65. The fourth-order valence-electron chi connectivity index (χ4n) is 5.63. The Labute approximate surface area is 386 Å². The van der Waals surface area contributed by atoms with Gasteiger partial charge in [0.15, 0.2) is 11.4 Å². The standard InChI is InChI=1S/C17H16Cl2F3IN4O2.C13H16Cl2N2O2.C4HClF3IN2/c1-29-12-8-10(2-3-11(12)18)25-4-6-26(7-5-25)13(28)9-27-16(23)14(19)15(24-27)17(20,21)22;1-19-12-8-10(2-3-11(12)15)16-4-6-17(7-5-16)13(18)9-14;5-1-2(4(6,7)8)10-11-3(1)9/h2-3,8H,4-7,9H2,1H3;2-3,8H,4-7,9H2,1H3;(H,10,11). The summed E-state index contributed by atoms with van der Waals surface area (Å²) >= 11 is 31.9. The normalized spacial score (nSPS) is 14.6. The summed E-state index contributed by atoms with van der Waals surface area (Å²) in [7, 11) is 3.14. The van der Waals surface area contributed by atoms with Crippen LogP contribution in [0.25, 0.3) is 0 Å². The number of halogens is 13. The van der Waals surface area contributed by atoms with Crippen LogP contribution in [-0.4, -0.2) is 114 Å². The lowest BCUT2D eigenvalue weighted by molar-refractivity contribution is -0.142. The van der Waals surface area contributed by atoms with Crippen LogP contribution in [0.4, 0.5) is 37.7 Å². The second kappa shape index (κ2) is 21.5. The fourth-order valence-corrected chi connectivity index (χ4v) is 7.55. The minimum Gasteiger partial charge on any atom is -0.495 e. The minimum atomic E-state index is -4.67. The monoisotopic (exact) mass is 1160 g/mol. The Balaban J connectivity index is 0.000000219. The van der Waals surface area contributed by atoms with E-state index < -0.39 is 28.8 Å². The van der Waals surface area contributed by atoms with Crippen molar-refractivity contribution >= 4 is 126 Å². The highest BCUT2D eigenvalue weighted by Gasteiger charge is 2.39. The van der Waals surface area contributed by atoms with Gasteiger partial charge in [0.1, 0.15) is 41.4 Å². The summed E-state index contributed by atoms with van der Waals surface area (Å²) in [4.78, 5) is 31.7. The Kier molecular flexibility index (Phi) is 17.9. The fraction of sp³-hybridized carbons (Fsp3) is 0.412. The van der Waals surface area contributed by atoms with E-state index in [1.165, 1.54) is 7.11 Å². The highest BCUT2D eigenvalue weighted by atomic mass is 127. The Bertz CT molecular complexity index is 2080. The number of piperazine rings is 2. The molecule has 59 heavy (non-hydrogen) atoms. The van der Waals surface area contributed by atoms with Crippen LogP contribution in [0.3, 0.4) is 0 Å². The molecule has 4 aromatic rings. The van der Waals surface area contributed by atoms with Gasteiger partial charge in [-0.15, -0.1) is 11.6 Å². The highest BCUT2D eigenvalue weighted by molar-refractivity contribution is 14.1. The largest absolute Gasteiger partial charge is 0.495 e. The molecule has 6 rings (SSSR count). The number of hydrogen-bond donors (Lipinski definition) is 1. The Morgan fingerprint density at radius 1 is 0.729 bits per heavy atom. The third-order valence-electron chi connectivity index (χ3n) is 8.72. The summed E-state index contributed by atoms with van der Waals surface area (Å²) in [6.07, 6.45) is -9.12. The van der Waals surface area contributed by atoms with Crippen LogP contribution in [0.15, 0.2) is 36.4 Å². The van der Waals surface area contributed by atoms with Gasteiger partial charge in [0.2, 0.25) is 11.8 Å². The predicted octanol–water partition coefficient (Wildman–Crippen LogP) is 9.09. The molecule has 0 aliphatic carbocycles. The number of benzene rings is 2. The van der Waals surface area contributed by atoms with Crippen molar-refractivity contribution in [2.24, 2.45) is 0 Å². The van der Waals surface area contributed by atoms with Crippen LogP contribution in [0.1, 0.15) is 11.4 Å². The molecule has 2 saturated heterocycles. The van der Waals surface area contributed by atoms with Crippen LogP contribution < -0.4 is 19.3 Å². The van der Waals surface area contributed by atoms with Crippen molar-refractivity contribution in [3.63, 3.8) is 0 Å². The molecule has 2 aromatic carbocycles. The molecule has 2 aromatic heterocycles. The Hall–Kier alpha value is -2.51. The van der Waals surface area contributed by atoms with E-state index in [2.05, 4.69) is 20.0 Å². The van der Waals surface area contributed by atoms with Gasteiger partial charge >= 0.3 is 12.4 Å². The van der Waals surface area contributed by atoms with E-state index in [1.807, 2.05) is 30.3 Å². The molecule has 1 N–H and O–H groups in total. The molecule has 2 amide bonds. The smallest absolute Gasteiger partial charge is 0.436 e. The molecule has 12 nitrogen and oxygen atoms in total. The van der Waals surface area contributed by atoms with Gasteiger partial charge in [-0.1, -0.05) is 46.4 Å². The number of anilines is 2. The first-order valence-electron chi connectivity index (χ1n) is 16.9. The number of carbonyl (C=O) groups is 2. The van der Waals surface area contributed by atoms with Gasteiger partial charge in [-0.05, 0) is 69.4 Å². The van der Waals surface area contributed by atoms with E-state index in [4.69, 9.17) is 67.5 Å².